The van der Waals surface area contributed by atoms with Crippen molar-refractivity contribution in [3.05, 3.63) is 24.2 Å². The second-order valence-electron chi connectivity index (χ2n) is 7.23. The van der Waals surface area contributed by atoms with Crippen molar-refractivity contribution in [2.24, 2.45) is 0 Å². The standard InChI is InChI=1S/C19H26N6O3/c26-11-10-25-18(16-4-3-9-24(16)17(28)13-27)14(12-21-25)15-5-6-20-19(22-15)23-7-1-2-8-23/h5-6,12,16,26-27H,1-4,7-11,13H2/t16-/m0/s1. The Morgan fingerprint density at radius 3 is 2.75 bits per heavy atom. The van der Waals surface area contributed by atoms with Crippen molar-refractivity contribution in [1.82, 2.24) is 24.6 Å². The second-order valence-corrected chi connectivity index (χ2v) is 7.23. The van der Waals surface area contributed by atoms with E-state index in [1.54, 1.807) is 22.0 Å². The highest BCUT2D eigenvalue weighted by Crippen LogP contribution is 2.37. The lowest BCUT2D eigenvalue weighted by Gasteiger charge is -2.26. The molecular formula is C19H26N6O3. The fourth-order valence-corrected chi connectivity index (χ4v) is 4.22. The Bertz CT molecular complexity index is 833. The Labute approximate surface area is 163 Å². The first-order valence-electron chi connectivity index (χ1n) is 9.88. The molecule has 0 unspecified atom stereocenters. The highest BCUT2D eigenvalue weighted by molar-refractivity contribution is 5.78. The van der Waals surface area contributed by atoms with Crippen LogP contribution in [0.25, 0.3) is 11.3 Å². The number of hydrogen-bond donors (Lipinski definition) is 2. The molecule has 150 valence electrons. The molecular weight excluding hydrogens is 360 g/mol. The molecule has 0 aliphatic carbocycles. The van der Waals surface area contributed by atoms with Gasteiger partial charge in [-0.15, -0.1) is 0 Å². The maximum absolute atomic E-state index is 12.2. The number of carbonyl (C=O) groups is 1. The lowest BCUT2D eigenvalue weighted by molar-refractivity contribution is -0.135. The third-order valence-corrected chi connectivity index (χ3v) is 5.52. The molecule has 4 rings (SSSR count). The molecule has 2 aliphatic rings. The molecule has 9 heteroatoms. The van der Waals surface area contributed by atoms with Crippen LogP contribution in [0.2, 0.25) is 0 Å². The summed E-state index contributed by atoms with van der Waals surface area (Å²) >= 11 is 0. The van der Waals surface area contributed by atoms with Crippen LogP contribution in [-0.4, -0.2) is 73.6 Å². The Morgan fingerprint density at radius 1 is 1.18 bits per heavy atom. The van der Waals surface area contributed by atoms with E-state index in [2.05, 4.69) is 15.0 Å². The second kappa shape index (κ2) is 8.24. The molecule has 1 atom stereocenters. The van der Waals surface area contributed by atoms with Crippen molar-refractivity contribution in [3.8, 4) is 11.3 Å². The molecule has 2 saturated heterocycles. The van der Waals surface area contributed by atoms with Crippen molar-refractivity contribution in [3.63, 3.8) is 0 Å². The van der Waals surface area contributed by atoms with E-state index in [4.69, 9.17) is 4.98 Å². The Balaban J connectivity index is 1.74. The third kappa shape index (κ3) is 3.47. The minimum Gasteiger partial charge on any atom is -0.394 e. The number of amides is 1. The highest BCUT2D eigenvalue weighted by Gasteiger charge is 2.34. The van der Waals surface area contributed by atoms with Crippen molar-refractivity contribution in [1.29, 1.82) is 0 Å². The molecule has 1 amide bonds. The van der Waals surface area contributed by atoms with Gasteiger partial charge in [-0.05, 0) is 31.7 Å². The summed E-state index contributed by atoms with van der Waals surface area (Å²) in [6.45, 7) is 2.32. The van der Waals surface area contributed by atoms with Crippen molar-refractivity contribution < 1.29 is 15.0 Å². The van der Waals surface area contributed by atoms with Crippen LogP contribution in [0.4, 0.5) is 5.95 Å². The zero-order valence-electron chi connectivity index (χ0n) is 15.9. The first-order valence-corrected chi connectivity index (χ1v) is 9.88. The van der Waals surface area contributed by atoms with Crippen molar-refractivity contribution in [2.45, 2.75) is 38.3 Å². The molecule has 4 heterocycles. The maximum atomic E-state index is 12.2. The van der Waals surface area contributed by atoms with Crippen LogP contribution >= 0.6 is 0 Å². The normalized spacial score (nSPS) is 19.6. The van der Waals surface area contributed by atoms with Crippen LogP contribution < -0.4 is 4.90 Å². The quantitative estimate of drug-likeness (QED) is 0.748. The third-order valence-electron chi connectivity index (χ3n) is 5.52. The number of likely N-dealkylation sites (tertiary alicyclic amines) is 1. The number of hydrogen-bond acceptors (Lipinski definition) is 7. The molecule has 0 spiro atoms. The van der Waals surface area contributed by atoms with Gasteiger partial charge in [-0.3, -0.25) is 9.48 Å². The summed E-state index contributed by atoms with van der Waals surface area (Å²) < 4.78 is 1.75. The predicted octanol–water partition coefficient (Wildman–Crippen LogP) is 0.588. The van der Waals surface area contributed by atoms with Gasteiger partial charge in [0.05, 0.1) is 36.8 Å². The van der Waals surface area contributed by atoms with Crippen LogP contribution in [-0.2, 0) is 11.3 Å². The first kappa shape index (κ1) is 18.8. The fraction of sp³-hybridized carbons (Fsp3) is 0.579. The predicted molar refractivity (Wildman–Crippen MR) is 103 cm³/mol. The summed E-state index contributed by atoms with van der Waals surface area (Å²) in [4.78, 5) is 25.3. The molecule has 2 aliphatic heterocycles. The Morgan fingerprint density at radius 2 is 2.00 bits per heavy atom. The largest absolute Gasteiger partial charge is 0.394 e. The highest BCUT2D eigenvalue weighted by atomic mass is 16.3. The molecule has 0 aromatic carbocycles. The Hall–Kier alpha value is -2.52. The Kier molecular flexibility index (Phi) is 5.54. The van der Waals surface area contributed by atoms with Crippen LogP contribution in [0, 0.1) is 0 Å². The molecule has 28 heavy (non-hydrogen) atoms. The van der Waals surface area contributed by atoms with Gasteiger partial charge in [-0.2, -0.15) is 5.10 Å². The van der Waals surface area contributed by atoms with Gasteiger partial charge in [0.25, 0.3) is 0 Å². The van der Waals surface area contributed by atoms with Gasteiger partial charge in [0.2, 0.25) is 11.9 Å². The van der Waals surface area contributed by atoms with E-state index >= 15 is 0 Å². The number of rotatable bonds is 6. The number of aliphatic hydroxyl groups excluding tert-OH is 2. The molecule has 9 nitrogen and oxygen atoms in total. The number of aromatic nitrogens is 4. The van der Waals surface area contributed by atoms with E-state index in [1.807, 2.05) is 6.07 Å². The minimum atomic E-state index is -0.507. The van der Waals surface area contributed by atoms with E-state index in [9.17, 15) is 15.0 Å². The first-order chi connectivity index (χ1) is 13.7. The van der Waals surface area contributed by atoms with Gasteiger partial charge in [-0.25, -0.2) is 9.97 Å². The topological polar surface area (TPSA) is 108 Å². The van der Waals surface area contributed by atoms with Gasteiger partial charge in [0, 0.05) is 31.4 Å². The maximum Gasteiger partial charge on any atom is 0.248 e. The van der Waals surface area contributed by atoms with Crippen LogP contribution in [0.15, 0.2) is 18.5 Å². The SMILES string of the molecule is O=C(CO)N1CCC[C@H]1c1c(-c2ccnc(N3CCCC3)n2)cnn1CCO. The molecule has 0 saturated carbocycles. The van der Waals surface area contributed by atoms with E-state index in [1.165, 1.54) is 0 Å². The minimum absolute atomic E-state index is 0.0441. The average molecular weight is 386 g/mol. The summed E-state index contributed by atoms with van der Waals surface area (Å²) in [5, 5.41) is 23.3. The van der Waals surface area contributed by atoms with Crippen molar-refractivity contribution in [2.75, 3.05) is 37.7 Å². The number of anilines is 1. The average Bonchev–Trinajstić information content (AvgIpc) is 3.47. The monoisotopic (exact) mass is 386 g/mol. The summed E-state index contributed by atoms with van der Waals surface area (Å²) in [5.74, 6) is 0.427. The van der Waals surface area contributed by atoms with Crippen LogP contribution in [0.5, 0.6) is 0 Å². The zero-order chi connectivity index (χ0) is 19.5. The summed E-state index contributed by atoms with van der Waals surface area (Å²) in [5.41, 5.74) is 2.47. The van der Waals surface area contributed by atoms with Gasteiger partial charge in [0.15, 0.2) is 0 Å². The number of nitrogens with zero attached hydrogens (tertiary/aromatic N) is 6. The van der Waals surface area contributed by atoms with Gasteiger partial charge >= 0.3 is 0 Å². The number of aliphatic hydroxyl groups is 2. The fourth-order valence-electron chi connectivity index (χ4n) is 4.22. The summed E-state index contributed by atoms with van der Waals surface area (Å²) in [6.07, 6.45) is 7.46. The van der Waals surface area contributed by atoms with Crippen LogP contribution in [0.1, 0.15) is 37.4 Å². The van der Waals surface area contributed by atoms with E-state index in [0.717, 1.165) is 55.7 Å². The summed E-state index contributed by atoms with van der Waals surface area (Å²) in [7, 11) is 0. The molecule has 2 aromatic heterocycles. The van der Waals surface area contributed by atoms with E-state index in [-0.39, 0.29) is 18.6 Å². The molecule has 0 radical (unpaired) electrons. The lowest BCUT2D eigenvalue weighted by atomic mass is 10.0. The van der Waals surface area contributed by atoms with Gasteiger partial charge in [-0.1, -0.05) is 0 Å². The zero-order valence-corrected chi connectivity index (χ0v) is 15.9. The smallest absolute Gasteiger partial charge is 0.248 e. The van der Waals surface area contributed by atoms with Crippen LogP contribution in [0.3, 0.4) is 0 Å². The van der Waals surface area contributed by atoms with Crippen molar-refractivity contribution >= 4 is 11.9 Å². The molecule has 2 aromatic rings. The summed E-state index contributed by atoms with van der Waals surface area (Å²) in [6, 6.07) is 1.67. The van der Waals surface area contributed by atoms with E-state index < -0.39 is 6.61 Å². The van der Waals surface area contributed by atoms with Gasteiger partial charge < -0.3 is 20.0 Å². The van der Waals surface area contributed by atoms with E-state index in [0.29, 0.717) is 19.0 Å². The number of carbonyl (C=O) groups excluding carboxylic acids is 1. The molecule has 0 bridgehead atoms. The van der Waals surface area contributed by atoms with Gasteiger partial charge in [0.1, 0.15) is 6.61 Å². The molecule has 2 fully saturated rings. The lowest BCUT2D eigenvalue weighted by Crippen LogP contribution is -2.34. The molecule has 2 N–H and O–H groups in total.